The summed E-state index contributed by atoms with van der Waals surface area (Å²) in [6, 6.07) is 9.33. The van der Waals surface area contributed by atoms with Crippen LogP contribution in [-0.2, 0) is 15.8 Å². The van der Waals surface area contributed by atoms with E-state index in [1.54, 1.807) is 6.92 Å². The minimum Gasteiger partial charge on any atom is -0.464 e. The maximum Gasteiger partial charge on any atom is 0.420 e. The molecule has 130 valence electrons. The van der Waals surface area contributed by atoms with Crippen molar-refractivity contribution in [3.63, 3.8) is 0 Å². The highest BCUT2D eigenvalue weighted by molar-refractivity contribution is 7.88. The third-order valence-electron chi connectivity index (χ3n) is 3.11. The third kappa shape index (κ3) is 4.65. The summed E-state index contributed by atoms with van der Waals surface area (Å²) in [7, 11) is -2.99. The SMILES string of the molecule is Cc1nc(C#N)cc(Oc2ccc(CS(=O)(=O)N(C)C(=O)O)cc2)n1. The van der Waals surface area contributed by atoms with E-state index in [1.807, 2.05) is 6.07 Å². The zero-order valence-electron chi connectivity index (χ0n) is 13.4. The molecule has 0 atom stereocenters. The van der Waals surface area contributed by atoms with Gasteiger partial charge < -0.3 is 9.84 Å². The summed E-state index contributed by atoms with van der Waals surface area (Å²) in [5, 5.41) is 17.6. The van der Waals surface area contributed by atoms with Crippen LogP contribution in [0.3, 0.4) is 0 Å². The van der Waals surface area contributed by atoms with Gasteiger partial charge in [-0.3, -0.25) is 0 Å². The number of hydrogen-bond donors (Lipinski definition) is 1. The number of rotatable bonds is 5. The van der Waals surface area contributed by atoms with E-state index in [-0.39, 0.29) is 15.9 Å². The molecule has 0 saturated carbocycles. The van der Waals surface area contributed by atoms with Gasteiger partial charge in [0, 0.05) is 13.1 Å². The van der Waals surface area contributed by atoms with Crippen LogP contribution in [-0.4, -0.2) is 40.9 Å². The summed E-state index contributed by atoms with van der Waals surface area (Å²) < 4.78 is 29.6. The lowest BCUT2D eigenvalue weighted by atomic mass is 10.2. The number of aryl methyl sites for hydroxylation is 1. The highest BCUT2D eigenvalue weighted by Crippen LogP contribution is 2.21. The van der Waals surface area contributed by atoms with E-state index >= 15 is 0 Å². The molecule has 0 aliphatic carbocycles. The first-order valence-electron chi connectivity index (χ1n) is 6.93. The second kappa shape index (κ2) is 7.14. The first-order chi connectivity index (χ1) is 11.7. The van der Waals surface area contributed by atoms with Gasteiger partial charge in [-0.2, -0.15) is 10.2 Å². The molecule has 0 spiro atoms. The van der Waals surface area contributed by atoms with Crippen LogP contribution in [0.15, 0.2) is 30.3 Å². The minimum atomic E-state index is -3.96. The summed E-state index contributed by atoms with van der Waals surface area (Å²) in [5.41, 5.74) is 0.568. The minimum absolute atomic E-state index is 0.168. The van der Waals surface area contributed by atoms with Gasteiger partial charge in [0.2, 0.25) is 15.9 Å². The molecule has 1 heterocycles. The van der Waals surface area contributed by atoms with Crippen molar-refractivity contribution in [3.05, 3.63) is 47.4 Å². The van der Waals surface area contributed by atoms with Crippen molar-refractivity contribution in [2.75, 3.05) is 7.05 Å². The molecule has 2 rings (SSSR count). The Morgan fingerprint density at radius 1 is 1.32 bits per heavy atom. The van der Waals surface area contributed by atoms with Gasteiger partial charge >= 0.3 is 6.09 Å². The molecule has 0 aliphatic heterocycles. The molecule has 1 aromatic heterocycles. The van der Waals surface area contributed by atoms with Crippen molar-refractivity contribution in [1.82, 2.24) is 14.3 Å². The molecule has 1 N–H and O–H groups in total. The Bertz CT molecular complexity index is 935. The molecular weight excluding hydrogens is 348 g/mol. The smallest absolute Gasteiger partial charge is 0.420 e. The number of carboxylic acid groups (broad SMARTS) is 1. The fourth-order valence-electron chi connectivity index (χ4n) is 1.85. The predicted octanol–water partition coefficient (Wildman–Crippen LogP) is 1.89. The molecule has 1 amide bonds. The van der Waals surface area contributed by atoms with E-state index in [0.717, 1.165) is 7.05 Å². The van der Waals surface area contributed by atoms with Crippen LogP contribution in [0.1, 0.15) is 17.1 Å². The van der Waals surface area contributed by atoms with Gasteiger partial charge in [-0.1, -0.05) is 12.1 Å². The molecule has 0 radical (unpaired) electrons. The predicted molar refractivity (Wildman–Crippen MR) is 86.4 cm³/mol. The second-order valence-corrected chi connectivity index (χ2v) is 7.00. The number of benzene rings is 1. The quantitative estimate of drug-likeness (QED) is 0.852. The first kappa shape index (κ1) is 18.2. The summed E-state index contributed by atoms with van der Waals surface area (Å²) in [6.07, 6.45) is -1.55. The van der Waals surface area contributed by atoms with Crippen LogP contribution in [0.2, 0.25) is 0 Å². The Morgan fingerprint density at radius 2 is 1.96 bits per heavy atom. The number of aromatic nitrogens is 2. The summed E-state index contributed by atoms with van der Waals surface area (Å²) in [6.45, 7) is 1.63. The van der Waals surface area contributed by atoms with E-state index in [0.29, 0.717) is 17.1 Å². The average Bonchev–Trinajstić information content (AvgIpc) is 2.55. The number of ether oxygens (including phenoxy) is 1. The van der Waals surface area contributed by atoms with Crippen LogP contribution < -0.4 is 4.74 Å². The van der Waals surface area contributed by atoms with Crippen LogP contribution >= 0.6 is 0 Å². The van der Waals surface area contributed by atoms with E-state index in [9.17, 15) is 13.2 Å². The van der Waals surface area contributed by atoms with Gasteiger partial charge in [0.1, 0.15) is 23.3 Å². The molecule has 0 fully saturated rings. The molecule has 10 heteroatoms. The van der Waals surface area contributed by atoms with Crippen molar-refractivity contribution in [3.8, 4) is 17.7 Å². The Hall–Kier alpha value is -3.19. The second-order valence-electron chi connectivity index (χ2n) is 5.00. The monoisotopic (exact) mass is 362 g/mol. The molecule has 0 saturated heterocycles. The maximum atomic E-state index is 11.9. The summed E-state index contributed by atoms with van der Waals surface area (Å²) in [4.78, 5) is 18.7. The van der Waals surface area contributed by atoms with Gasteiger partial charge in [-0.05, 0) is 24.6 Å². The Morgan fingerprint density at radius 3 is 2.52 bits per heavy atom. The number of nitriles is 1. The standard InChI is InChI=1S/C15H14N4O5S/c1-10-17-12(8-16)7-14(18-10)24-13-5-3-11(4-6-13)9-25(22,23)19(2)15(20)21/h3-7H,9H2,1-2H3,(H,20,21). The molecule has 0 bridgehead atoms. The van der Waals surface area contributed by atoms with E-state index < -0.39 is 21.9 Å². The van der Waals surface area contributed by atoms with Crippen LogP contribution in [0.5, 0.6) is 11.6 Å². The van der Waals surface area contributed by atoms with Crippen LogP contribution in [0.4, 0.5) is 4.79 Å². The molecule has 1 aromatic carbocycles. The van der Waals surface area contributed by atoms with Gasteiger partial charge in [0.05, 0.1) is 5.75 Å². The van der Waals surface area contributed by atoms with Gasteiger partial charge in [-0.25, -0.2) is 22.5 Å². The number of sulfonamides is 1. The molecule has 9 nitrogen and oxygen atoms in total. The zero-order valence-corrected chi connectivity index (χ0v) is 14.2. The van der Waals surface area contributed by atoms with Crippen LogP contribution in [0, 0.1) is 18.3 Å². The normalized spacial score (nSPS) is 10.8. The molecule has 0 unspecified atom stereocenters. The van der Waals surface area contributed by atoms with Crippen LogP contribution in [0.25, 0.3) is 0 Å². The lowest BCUT2D eigenvalue weighted by Crippen LogP contribution is -2.32. The number of nitrogens with zero attached hydrogens (tertiary/aromatic N) is 4. The van der Waals surface area contributed by atoms with Crippen molar-refractivity contribution < 1.29 is 23.1 Å². The summed E-state index contributed by atoms with van der Waals surface area (Å²) in [5.74, 6) is 0.500. The highest BCUT2D eigenvalue weighted by atomic mass is 32.2. The topological polar surface area (TPSA) is 133 Å². The third-order valence-corrected chi connectivity index (χ3v) is 4.80. The van der Waals surface area contributed by atoms with E-state index in [2.05, 4.69) is 9.97 Å². The lowest BCUT2D eigenvalue weighted by Gasteiger charge is -2.13. The first-order valence-corrected chi connectivity index (χ1v) is 8.54. The highest BCUT2D eigenvalue weighted by Gasteiger charge is 2.22. The van der Waals surface area contributed by atoms with Gasteiger partial charge in [0.15, 0.2) is 0 Å². The van der Waals surface area contributed by atoms with Gasteiger partial charge in [0.25, 0.3) is 0 Å². The van der Waals surface area contributed by atoms with Crippen molar-refractivity contribution >= 4 is 16.1 Å². The molecule has 2 aromatic rings. The Kier molecular flexibility index (Phi) is 5.19. The zero-order chi connectivity index (χ0) is 18.6. The maximum absolute atomic E-state index is 11.9. The number of carbonyl (C=O) groups is 1. The largest absolute Gasteiger partial charge is 0.464 e. The average molecular weight is 362 g/mol. The van der Waals surface area contributed by atoms with E-state index in [1.165, 1.54) is 30.3 Å². The number of amides is 1. The summed E-state index contributed by atoms with van der Waals surface area (Å²) >= 11 is 0. The lowest BCUT2D eigenvalue weighted by molar-refractivity contribution is 0.178. The molecular formula is C15H14N4O5S. The Labute approximate surface area is 144 Å². The Balaban J connectivity index is 2.14. The molecule has 25 heavy (non-hydrogen) atoms. The molecule has 0 aliphatic rings. The fourth-order valence-corrected chi connectivity index (χ4v) is 2.90. The van der Waals surface area contributed by atoms with Crippen molar-refractivity contribution in [2.24, 2.45) is 0 Å². The van der Waals surface area contributed by atoms with E-state index in [4.69, 9.17) is 15.1 Å². The van der Waals surface area contributed by atoms with Crippen molar-refractivity contribution in [1.29, 1.82) is 5.26 Å². The van der Waals surface area contributed by atoms with Gasteiger partial charge in [-0.15, -0.1) is 0 Å². The van der Waals surface area contributed by atoms with Crippen molar-refractivity contribution in [2.45, 2.75) is 12.7 Å². The number of hydrogen-bond acceptors (Lipinski definition) is 7. The fraction of sp³-hybridized carbons (Fsp3) is 0.200.